The molecule has 1 aromatic heterocycles. The number of carbonyl (C=O) groups excluding carboxylic acids is 1. The SMILES string of the molecule is CCC(=O)Nc1ccc(S(=O)(=O)NCC2(c3cccs3)CCCC2)cc1. The molecule has 0 atom stereocenters. The van der Waals surface area contributed by atoms with E-state index in [-0.39, 0.29) is 16.2 Å². The molecular weight excluding hydrogens is 368 g/mol. The maximum Gasteiger partial charge on any atom is 0.240 e. The van der Waals surface area contributed by atoms with Crippen molar-refractivity contribution in [2.45, 2.75) is 49.3 Å². The van der Waals surface area contributed by atoms with Gasteiger partial charge in [0, 0.05) is 28.9 Å². The Morgan fingerprint density at radius 3 is 2.42 bits per heavy atom. The Balaban J connectivity index is 1.71. The monoisotopic (exact) mass is 392 g/mol. The minimum absolute atomic E-state index is 0.0870. The summed E-state index contributed by atoms with van der Waals surface area (Å²) in [6.07, 6.45) is 4.67. The zero-order valence-corrected chi connectivity index (χ0v) is 16.5. The van der Waals surface area contributed by atoms with Gasteiger partial charge in [-0.3, -0.25) is 4.79 Å². The third-order valence-corrected chi connectivity index (χ3v) is 7.51. The molecule has 140 valence electrons. The zero-order valence-electron chi connectivity index (χ0n) is 14.8. The van der Waals surface area contributed by atoms with Crippen molar-refractivity contribution in [2.24, 2.45) is 0 Å². The van der Waals surface area contributed by atoms with Crippen LogP contribution >= 0.6 is 11.3 Å². The Labute approximate surface area is 158 Å². The lowest BCUT2D eigenvalue weighted by Crippen LogP contribution is -2.38. The molecule has 1 aliphatic carbocycles. The quantitative estimate of drug-likeness (QED) is 0.751. The topological polar surface area (TPSA) is 75.3 Å². The number of benzene rings is 1. The van der Waals surface area contributed by atoms with E-state index in [1.54, 1.807) is 30.4 Å². The van der Waals surface area contributed by atoms with Crippen LogP contribution in [0.5, 0.6) is 0 Å². The Hall–Kier alpha value is -1.70. The van der Waals surface area contributed by atoms with Crippen LogP contribution in [-0.4, -0.2) is 20.9 Å². The van der Waals surface area contributed by atoms with Gasteiger partial charge in [0.05, 0.1) is 4.90 Å². The van der Waals surface area contributed by atoms with E-state index in [4.69, 9.17) is 0 Å². The molecule has 1 amide bonds. The highest BCUT2D eigenvalue weighted by molar-refractivity contribution is 7.89. The van der Waals surface area contributed by atoms with Crippen LogP contribution in [0, 0.1) is 0 Å². The van der Waals surface area contributed by atoms with Gasteiger partial charge in [-0.15, -0.1) is 11.3 Å². The number of nitrogens with one attached hydrogen (secondary N) is 2. The summed E-state index contributed by atoms with van der Waals surface area (Å²) in [6.45, 7) is 2.19. The molecule has 0 spiro atoms. The zero-order chi connectivity index (χ0) is 18.6. The fourth-order valence-corrected chi connectivity index (χ4v) is 5.54. The van der Waals surface area contributed by atoms with Gasteiger partial charge in [-0.25, -0.2) is 13.1 Å². The highest BCUT2D eigenvalue weighted by Gasteiger charge is 2.37. The molecule has 26 heavy (non-hydrogen) atoms. The summed E-state index contributed by atoms with van der Waals surface area (Å²) in [7, 11) is -3.59. The third kappa shape index (κ3) is 4.16. The maximum atomic E-state index is 12.7. The van der Waals surface area contributed by atoms with Crippen LogP contribution in [0.2, 0.25) is 0 Å². The van der Waals surface area contributed by atoms with Gasteiger partial charge in [-0.05, 0) is 48.6 Å². The molecule has 7 heteroatoms. The molecule has 1 heterocycles. The fourth-order valence-electron chi connectivity index (χ4n) is 3.43. The second-order valence-corrected chi connectivity index (χ2v) is 9.43. The first-order chi connectivity index (χ1) is 12.5. The molecule has 2 N–H and O–H groups in total. The standard InChI is InChI=1S/C19H24N2O3S2/c1-2-18(22)21-15-7-9-16(10-8-15)26(23,24)20-14-19(11-3-4-12-19)17-6-5-13-25-17/h5-10,13,20H,2-4,11-12,14H2,1H3,(H,21,22). The highest BCUT2D eigenvalue weighted by Crippen LogP contribution is 2.42. The number of thiophene rings is 1. The molecule has 3 rings (SSSR count). The molecule has 2 aromatic rings. The average molecular weight is 393 g/mol. The van der Waals surface area contributed by atoms with Crippen molar-refractivity contribution in [1.82, 2.24) is 4.72 Å². The minimum atomic E-state index is -3.59. The predicted octanol–water partition coefficient (Wildman–Crippen LogP) is 3.89. The van der Waals surface area contributed by atoms with Crippen molar-refractivity contribution in [3.8, 4) is 0 Å². The van der Waals surface area contributed by atoms with Gasteiger partial charge in [0.1, 0.15) is 0 Å². The number of hydrogen-bond donors (Lipinski definition) is 2. The Kier molecular flexibility index (Phi) is 5.79. The average Bonchev–Trinajstić information content (AvgIpc) is 3.33. The van der Waals surface area contributed by atoms with Gasteiger partial charge in [0.2, 0.25) is 15.9 Å². The Morgan fingerprint density at radius 1 is 1.15 bits per heavy atom. The summed E-state index contributed by atoms with van der Waals surface area (Å²) < 4.78 is 28.2. The third-order valence-electron chi connectivity index (χ3n) is 4.97. The maximum absolute atomic E-state index is 12.7. The van der Waals surface area contributed by atoms with Crippen LogP contribution in [-0.2, 0) is 20.2 Å². The molecule has 1 fully saturated rings. The molecule has 0 saturated heterocycles. The van der Waals surface area contributed by atoms with Gasteiger partial charge in [-0.1, -0.05) is 25.8 Å². The number of anilines is 1. The fraction of sp³-hybridized carbons (Fsp3) is 0.421. The molecule has 0 unspecified atom stereocenters. The van der Waals surface area contributed by atoms with E-state index in [2.05, 4.69) is 16.1 Å². The van der Waals surface area contributed by atoms with E-state index in [0.717, 1.165) is 25.7 Å². The van der Waals surface area contributed by atoms with Gasteiger partial charge < -0.3 is 5.32 Å². The summed E-state index contributed by atoms with van der Waals surface area (Å²) in [5.74, 6) is -0.0992. The lowest BCUT2D eigenvalue weighted by Gasteiger charge is -2.28. The normalized spacial score (nSPS) is 16.5. The molecule has 0 radical (unpaired) electrons. The predicted molar refractivity (Wildman–Crippen MR) is 105 cm³/mol. The second-order valence-electron chi connectivity index (χ2n) is 6.72. The van der Waals surface area contributed by atoms with Gasteiger partial charge in [0.25, 0.3) is 0 Å². The van der Waals surface area contributed by atoms with Crippen LogP contribution in [0.25, 0.3) is 0 Å². The molecule has 5 nitrogen and oxygen atoms in total. The van der Waals surface area contributed by atoms with Crippen molar-refractivity contribution in [2.75, 3.05) is 11.9 Å². The van der Waals surface area contributed by atoms with Gasteiger partial charge >= 0.3 is 0 Å². The first-order valence-corrected chi connectivity index (χ1v) is 11.2. The van der Waals surface area contributed by atoms with E-state index in [9.17, 15) is 13.2 Å². The van der Waals surface area contributed by atoms with E-state index in [1.165, 1.54) is 17.0 Å². The smallest absolute Gasteiger partial charge is 0.240 e. The van der Waals surface area contributed by atoms with E-state index in [0.29, 0.717) is 18.7 Å². The van der Waals surface area contributed by atoms with E-state index in [1.807, 2.05) is 11.4 Å². The Morgan fingerprint density at radius 2 is 1.85 bits per heavy atom. The van der Waals surface area contributed by atoms with Crippen LogP contribution in [0.1, 0.15) is 43.9 Å². The summed E-state index contributed by atoms with van der Waals surface area (Å²) in [5, 5.41) is 4.77. The lowest BCUT2D eigenvalue weighted by atomic mass is 9.85. The first kappa shape index (κ1) is 19.1. The van der Waals surface area contributed by atoms with Crippen molar-refractivity contribution in [1.29, 1.82) is 0 Å². The van der Waals surface area contributed by atoms with Crippen LogP contribution in [0.4, 0.5) is 5.69 Å². The highest BCUT2D eigenvalue weighted by atomic mass is 32.2. The number of sulfonamides is 1. The first-order valence-electron chi connectivity index (χ1n) is 8.89. The molecular formula is C19H24N2O3S2. The number of carbonyl (C=O) groups is 1. The van der Waals surface area contributed by atoms with Crippen molar-refractivity contribution < 1.29 is 13.2 Å². The minimum Gasteiger partial charge on any atom is -0.326 e. The number of hydrogen-bond acceptors (Lipinski definition) is 4. The summed E-state index contributed by atoms with van der Waals surface area (Å²) in [6, 6.07) is 10.4. The van der Waals surface area contributed by atoms with Crippen molar-refractivity contribution in [3.05, 3.63) is 46.7 Å². The summed E-state index contributed by atoms with van der Waals surface area (Å²) >= 11 is 1.70. The van der Waals surface area contributed by atoms with Gasteiger partial charge in [-0.2, -0.15) is 0 Å². The van der Waals surface area contributed by atoms with E-state index >= 15 is 0 Å². The molecule has 0 bridgehead atoms. The lowest BCUT2D eigenvalue weighted by molar-refractivity contribution is -0.115. The largest absolute Gasteiger partial charge is 0.326 e. The van der Waals surface area contributed by atoms with Crippen LogP contribution in [0.3, 0.4) is 0 Å². The molecule has 1 aliphatic rings. The Bertz CT molecular complexity index is 837. The van der Waals surface area contributed by atoms with Crippen molar-refractivity contribution in [3.63, 3.8) is 0 Å². The molecule has 1 aromatic carbocycles. The summed E-state index contributed by atoms with van der Waals surface area (Å²) in [4.78, 5) is 12.9. The van der Waals surface area contributed by atoms with Crippen LogP contribution < -0.4 is 10.0 Å². The number of rotatable bonds is 7. The van der Waals surface area contributed by atoms with Crippen LogP contribution in [0.15, 0.2) is 46.7 Å². The summed E-state index contributed by atoms with van der Waals surface area (Å²) in [5.41, 5.74) is 0.512. The van der Waals surface area contributed by atoms with Crippen molar-refractivity contribution >= 4 is 33.0 Å². The van der Waals surface area contributed by atoms with E-state index < -0.39 is 10.0 Å². The van der Waals surface area contributed by atoms with Gasteiger partial charge in [0.15, 0.2) is 0 Å². The molecule has 0 aliphatic heterocycles. The number of amides is 1. The molecule has 1 saturated carbocycles. The second kappa shape index (κ2) is 7.90.